The number of thiocyanates is 1. The van der Waals surface area contributed by atoms with Crippen molar-refractivity contribution in [3.63, 3.8) is 0 Å². The lowest BCUT2D eigenvalue weighted by molar-refractivity contribution is 0.605. The molecule has 0 N–H and O–H groups in total. The highest BCUT2D eigenvalue weighted by atomic mass is 32.7. The Kier molecular flexibility index (Phi) is 3.89. The van der Waals surface area contributed by atoms with Crippen LogP contribution in [0.1, 0.15) is 0 Å². The molecule has 0 aliphatic heterocycles. The average molecular weight is 105 g/mol. The maximum absolute atomic E-state index is 9.24. The number of hydrogen-bond donors (Lipinski definition) is 0. The summed E-state index contributed by atoms with van der Waals surface area (Å²) in [4.78, 5) is 0. The molecule has 2 nitrogen and oxygen atoms in total. The van der Waals surface area contributed by atoms with Gasteiger partial charge in [0.25, 0.3) is 0 Å². The lowest BCUT2D eigenvalue weighted by Gasteiger charge is -1.46. The van der Waals surface area contributed by atoms with Crippen LogP contribution in [0.25, 0.3) is 0 Å². The molecule has 0 radical (unpaired) electrons. The molecule has 0 atom stereocenters. The largest absolute Gasteiger partial charge is 0.261 e. The normalized spacial score (nSPS) is 7.00. The highest BCUT2D eigenvalue weighted by Gasteiger charge is 1.67. The van der Waals surface area contributed by atoms with Gasteiger partial charge < -0.3 is 0 Å². The van der Waals surface area contributed by atoms with E-state index in [1.54, 1.807) is 5.40 Å². The van der Waals surface area contributed by atoms with Gasteiger partial charge in [-0.05, 0) is 0 Å². The van der Waals surface area contributed by atoms with Gasteiger partial charge in [0.2, 0.25) is 7.66 Å². The van der Waals surface area contributed by atoms with E-state index in [0.717, 1.165) is 0 Å². The van der Waals surface area contributed by atoms with Gasteiger partial charge in [-0.2, -0.15) is 5.26 Å². The fourth-order valence-electron chi connectivity index (χ4n) is 0.0167. The summed E-state index contributed by atoms with van der Waals surface area (Å²) >= 11 is 0.685. The minimum absolute atomic E-state index is 0.165. The molecule has 0 spiro atoms. The van der Waals surface area contributed by atoms with Crippen LogP contribution in [0.4, 0.5) is 0 Å². The molecule has 0 saturated heterocycles. The standard InChI is InChI=1S/CNOPS/c2-1-5-4-3. The predicted molar refractivity (Wildman–Crippen MR) is 20.8 cm³/mol. The van der Waals surface area contributed by atoms with E-state index in [-0.39, 0.29) is 7.66 Å². The summed E-state index contributed by atoms with van der Waals surface area (Å²) < 4.78 is 9.24. The van der Waals surface area contributed by atoms with Crippen molar-refractivity contribution in [2.24, 2.45) is 0 Å². The predicted octanol–water partition coefficient (Wildman–Crippen LogP) is 1.41. The third-order valence-corrected chi connectivity index (χ3v) is 0.703. The lowest BCUT2D eigenvalue weighted by atomic mass is 11.8. The van der Waals surface area contributed by atoms with Gasteiger partial charge in [0.15, 0.2) is 0 Å². The van der Waals surface area contributed by atoms with E-state index in [1.165, 1.54) is 0 Å². The second kappa shape index (κ2) is 3.94. The van der Waals surface area contributed by atoms with Gasteiger partial charge in [-0.25, -0.2) is 0 Å². The molecular formula is CNOPS. The van der Waals surface area contributed by atoms with E-state index in [2.05, 4.69) is 0 Å². The average Bonchev–Trinajstić information content (AvgIpc) is 1.41. The molecule has 0 bridgehead atoms. The molecule has 0 fully saturated rings. The van der Waals surface area contributed by atoms with Crippen LogP contribution >= 0.6 is 19.0 Å². The first-order valence-electron chi connectivity index (χ1n) is 0.793. The molecule has 0 saturated carbocycles. The second-order valence-electron chi connectivity index (χ2n) is 0.257. The van der Waals surface area contributed by atoms with Gasteiger partial charge in [-0.3, -0.25) is 4.57 Å². The van der Waals surface area contributed by atoms with E-state index < -0.39 is 0 Å². The minimum Gasteiger partial charge on any atom is -0.261 e. The van der Waals surface area contributed by atoms with Crippen LogP contribution in [0.5, 0.6) is 0 Å². The monoisotopic (exact) mass is 105 g/mol. The van der Waals surface area contributed by atoms with Crippen LogP contribution < -0.4 is 0 Å². The van der Waals surface area contributed by atoms with Crippen LogP contribution in [0.3, 0.4) is 0 Å². The molecule has 0 unspecified atom stereocenters. The first-order chi connectivity index (χ1) is 2.41. The molecular weight excluding hydrogens is 105 g/mol. The summed E-state index contributed by atoms with van der Waals surface area (Å²) in [5.74, 6) is 0. The first kappa shape index (κ1) is 4.94. The Hall–Kier alpha value is -0.0600. The van der Waals surface area contributed by atoms with Crippen LogP contribution in [0.15, 0.2) is 0 Å². The Balaban J connectivity index is 2.75. The van der Waals surface area contributed by atoms with Gasteiger partial charge in [0, 0.05) is 0 Å². The Morgan fingerprint density at radius 1 is 2.00 bits per heavy atom. The molecule has 0 aromatic rings. The molecule has 0 aromatic heterocycles. The van der Waals surface area contributed by atoms with Crippen molar-refractivity contribution in [3.05, 3.63) is 0 Å². The number of rotatable bonds is 1. The van der Waals surface area contributed by atoms with E-state index >= 15 is 0 Å². The quantitative estimate of drug-likeness (QED) is 0.374. The Labute approximate surface area is 35.1 Å². The molecule has 0 aliphatic carbocycles. The summed E-state index contributed by atoms with van der Waals surface area (Å²) in [7, 11) is -0.165. The molecule has 0 aliphatic rings. The van der Waals surface area contributed by atoms with E-state index in [1.807, 2.05) is 0 Å². The summed E-state index contributed by atoms with van der Waals surface area (Å²) in [6, 6.07) is 0. The highest BCUT2D eigenvalue weighted by molar-refractivity contribution is 8.48. The Bertz CT molecular complexity index is 66.5. The molecule has 0 heterocycles. The zero-order valence-electron chi connectivity index (χ0n) is 2.21. The second-order valence-corrected chi connectivity index (χ2v) is 1.77. The lowest BCUT2D eigenvalue weighted by Crippen LogP contribution is -1.15. The zero-order valence-corrected chi connectivity index (χ0v) is 3.92. The van der Waals surface area contributed by atoms with Crippen LogP contribution in [-0.4, -0.2) is 0 Å². The third-order valence-electron chi connectivity index (χ3n) is 0.0781. The number of nitriles is 1. The Morgan fingerprint density at radius 2 is 2.60 bits per heavy atom. The highest BCUT2D eigenvalue weighted by Crippen LogP contribution is 2.12. The van der Waals surface area contributed by atoms with Crippen molar-refractivity contribution >= 4 is 19.0 Å². The van der Waals surface area contributed by atoms with Crippen LogP contribution in [0.2, 0.25) is 0 Å². The van der Waals surface area contributed by atoms with Crippen molar-refractivity contribution in [2.45, 2.75) is 0 Å². The van der Waals surface area contributed by atoms with Crippen molar-refractivity contribution in [1.82, 2.24) is 0 Å². The van der Waals surface area contributed by atoms with E-state index in [9.17, 15) is 4.57 Å². The molecule has 5 heavy (non-hydrogen) atoms. The van der Waals surface area contributed by atoms with Gasteiger partial charge in [-0.1, -0.05) is 0 Å². The maximum Gasteiger partial charge on any atom is 0.242 e. The molecule has 0 rings (SSSR count). The topological polar surface area (TPSA) is 40.9 Å². The fourth-order valence-corrected chi connectivity index (χ4v) is 0.150. The summed E-state index contributed by atoms with van der Waals surface area (Å²) in [5.41, 5.74) is 0. The zero-order chi connectivity index (χ0) is 4.12. The fraction of sp³-hybridized carbons (Fsp3) is 0. The summed E-state index contributed by atoms with van der Waals surface area (Å²) in [5, 5.41) is 9.18. The van der Waals surface area contributed by atoms with E-state index in [4.69, 9.17) is 5.26 Å². The smallest absolute Gasteiger partial charge is 0.242 e. The van der Waals surface area contributed by atoms with Crippen LogP contribution in [-0.2, 0) is 4.57 Å². The van der Waals surface area contributed by atoms with Crippen molar-refractivity contribution in [1.29, 1.82) is 5.26 Å². The summed E-state index contributed by atoms with van der Waals surface area (Å²) in [6.07, 6.45) is 0. The number of nitrogens with zero attached hydrogens (tertiary/aromatic N) is 1. The van der Waals surface area contributed by atoms with Crippen molar-refractivity contribution in [2.75, 3.05) is 0 Å². The van der Waals surface area contributed by atoms with Gasteiger partial charge in [0.05, 0.1) is 11.4 Å². The minimum atomic E-state index is -0.165. The van der Waals surface area contributed by atoms with Crippen LogP contribution in [0, 0.1) is 10.7 Å². The number of hydrogen-bond acceptors (Lipinski definition) is 3. The molecule has 26 valence electrons. The first-order valence-corrected chi connectivity index (χ1v) is 3.03. The Morgan fingerprint density at radius 3 is 2.60 bits per heavy atom. The molecule has 0 aromatic carbocycles. The van der Waals surface area contributed by atoms with Gasteiger partial charge in [-0.15, -0.1) is 0 Å². The maximum atomic E-state index is 9.24. The van der Waals surface area contributed by atoms with Crippen molar-refractivity contribution < 1.29 is 4.57 Å². The van der Waals surface area contributed by atoms with Crippen molar-refractivity contribution in [3.8, 4) is 5.40 Å². The third kappa shape index (κ3) is 3.94. The van der Waals surface area contributed by atoms with E-state index in [0.29, 0.717) is 11.4 Å². The molecule has 4 heteroatoms. The molecule has 0 amide bonds. The van der Waals surface area contributed by atoms with Gasteiger partial charge in [0.1, 0.15) is 5.40 Å². The van der Waals surface area contributed by atoms with Gasteiger partial charge >= 0.3 is 0 Å². The summed E-state index contributed by atoms with van der Waals surface area (Å²) in [6.45, 7) is 0. The SMILES string of the molecule is N#CSP=O.